The summed E-state index contributed by atoms with van der Waals surface area (Å²) in [6.45, 7) is 5.49. The third-order valence-electron chi connectivity index (χ3n) is 3.96. The van der Waals surface area contributed by atoms with E-state index in [1.165, 1.54) is 25.3 Å². The molecule has 1 aromatic carbocycles. The Hall–Kier alpha value is -2.31. The van der Waals surface area contributed by atoms with E-state index in [9.17, 15) is 18.0 Å². The van der Waals surface area contributed by atoms with Gasteiger partial charge >= 0.3 is 6.18 Å². The van der Waals surface area contributed by atoms with Crippen molar-refractivity contribution >= 4 is 16.8 Å². The lowest BCUT2D eigenvalue weighted by molar-refractivity contribution is -0.136. The quantitative estimate of drug-likeness (QED) is 0.914. The van der Waals surface area contributed by atoms with Crippen LogP contribution in [0.4, 0.5) is 13.2 Å². The van der Waals surface area contributed by atoms with Crippen molar-refractivity contribution in [1.82, 2.24) is 10.3 Å². The minimum Gasteiger partial charge on any atom is -0.497 e. The average Bonchev–Trinajstić information content (AvgIpc) is 2.51. The van der Waals surface area contributed by atoms with Gasteiger partial charge in [0.1, 0.15) is 5.75 Å². The van der Waals surface area contributed by atoms with Crippen LogP contribution in [0, 0.1) is 5.92 Å². The predicted molar refractivity (Wildman–Crippen MR) is 85.1 cm³/mol. The Labute approximate surface area is 138 Å². The molecule has 1 N–H and O–H groups in total. The lowest BCUT2D eigenvalue weighted by atomic mass is 10.0. The minimum atomic E-state index is -4.69. The Morgan fingerprint density at radius 2 is 1.92 bits per heavy atom. The first kappa shape index (κ1) is 18.0. The zero-order chi connectivity index (χ0) is 18.1. The number of pyridine rings is 1. The fourth-order valence-electron chi connectivity index (χ4n) is 2.23. The van der Waals surface area contributed by atoms with Gasteiger partial charge in [0.2, 0.25) is 0 Å². The van der Waals surface area contributed by atoms with Gasteiger partial charge in [-0.05, 0) is 31.0 Å². The van der Waals surface area contributed by atoms with E-state index in [4.69, 9.17) is 4.74 Å². The van der Waals surface area contributed by atoms with Crippen molar-refractivity contribution in [3.63, 3.8) is 0 Å². The van der Waals surface area contributed by atoms with E-state index in [0.717, 1.165) is 6.20 Å². The highest BCUT2D eigenvalue weighted by molar-refractivity contribution is 6.00. The van der Waals surface area contributed by atoms with Gasteiger partial charge in [-0.25, -0.2) is 0 Å². The number of nitrogens with zero attached hydrogens (tertiary/aromatic N) is 1. The summed E-state index contributed by atoms with van der Waals surface area (Å²) in [5, 5.41) is 2.43. The van der Waals surface area contributed by atoms with Crippen molar-refractivity contribution < 1.29 is 22.7 Å². The number of fused-ring (bicyclic) bond motifs is 1. The molecule has 0 aliphatic heterocycles. The van der Waals surface area contributed by atoms with Crippen molar-refractivity contribution in [2.24, 2.45) is 5.92 Å². The maximum absolute atomic E-state index is 13.6. The molecule has 24 heavy (non-hydrogen) atoms. The molecule has 0 saturated heterocycles. The minimum absolute atomic E-state index is 0.0943. The molecule has 2 rings (SSSR count). The summed E-state index contributed by atoms with van der Waals surface area (Å²) in [5.41, 5.74) is -1.34. The highest BCUT2D eigenvalue weighted by Crippen LogP contribution is 2.38. The molecular weight excluding hydrogens is 321 g/mol. The van der Waals surface area contributed by atoms with Crippen LogP contribution in [0.5, 0.6) is 5.75 Å². The number of aromatic nitrogens is 1. The molecule has 4 nitrogen and oxygen atoms in total. The van der Waals surface area contributed by atoms with Crippen LogP contribution >= 0.6 is 0 Å². The zero-order valence-electron chi connectivity index (χ0n) is 13.9. The van der Waals surface area contributed by atoms with Crippen molar-refractivity contribution in [3.8, 4) is 5.75 Å². The predicted octanol–water partition coefficient (Wildman–Crippen LogP) is 4.04. The van der Waals surface area contributed by atoms with Gasteiger partial charge in [-0.2, -0.15) is 13.2 Å². The molecule has 0 spiro atoms. The van der Waals surface area contributed by atoms with Crippen LogP contribution in [-0.2, 0) is 6.18 Å². The molecular formula is C17H19F3N2O2. The van der Waals surface area contributed by atoms with E-state index in [2.05, 4.69) is 10.3 Å². The van der Waals surface area contributed by atoms with Crippen LogP contribution < -0.4 is 10.1 Å². The summed E-state index contributed by atoms with van der Waals surface area (Å²) in [4.78, 5) is 16.3. The number of amides is 1. The lowest BCUT2D eigenvalue weighted by Gasteiger charge is -2.20. The number of ether oxygens (including phenoxy) is 1. The SMILES string of the molecule is COc1ccc2ncc(C(=O)NC(C)C(C)C)c(C(F)(F)F)c2c1. The molecule has 0 aliphatic carbocycles. The number of methoxy groups -OCH3 is 1. The Kier molecular flexibility index (Phi) is 5.01. The summed E-state index contributed by atoms with van der Waals surface area (Å²) in [6, 6.07) is 3.94. The second-order valence-electron chi connectivity index (χ2n) is 5.93. The van der Waals surface area contributed by atoms with E-state index in [-0.39, 0.29) is 28.6 Å². The van der Waals surface area contributed by atoms with Gasteiger partial charge in [0.05, 0.1) is 23.8 Å². The van der Waals surface area contributed by atoms with Gasteiger partial charge in [0.25, 0.3) is 5.91 Å². The lowest BCUT2D eigenvalue weighted by Crippen LogP contribution is -2.37. The van der Waals surface area contributed by atoms with Crippen LogP contribution in [0.15, 0.2) is 24.4 Å². The monoisotopic (exact) mass is 340 g/mol. The molecule has 1 aromatic heterocycles. The summed E-state index contributed by atoms with van der Waals surface area (Å²) < 4.78 is 45.9. The molecule has 0 fully saturated rings. The Morgan fingerprint density at radius 3 is 2.46 bits per heavy atom. The summed E-state index contributed by atoms with van der Waals surface area (Å²) in [5.74, 6) is -0.430. The van der Waals surface area contributed by atoms with Gasteiger partial charge < -0.3 is 10.1 Å². The Bertz CT molecular complexity index is 757. The summed E-state index contributed by atoms with van der Waals surface area (Å²) in [6.07, 6.45) is -3.72. The number of hydrogen-bond acceptors (Lipinski definition) is 3. The third-order valence-corrected chi connectivity index (χ3v) is 3.96. The van der Waals surface area contributed by atoms with Crippen LogP contribution in [-0.4, -0.2) is 24.0 Å². The maximum Gasteiger partial charge on any atom is 0.417 e. The van der Waals surface area contributed by atoms with E-state index < -0.39 is 23.2 Å². The average molecular weight is 340 g/mol. The van der Waals surface area contributed by atoms with E-state index in [1.54, 1.807) is 6.92 Å². The summed E-state index contributed by atoms with van der Waals surface area (Å²) >= 11 is 0. The maximum atomic E-state index is 13.6. The number of carbonyl (C=O) groups is 1. The molecule has 0 aliphatic rings. The van der Waals surface area contributed by atoms with Gasteiger partial charge in [-0.3, -0.25) is 9.78 Å². The first-order valence-corrected chi connectivity index (χ1v) is 7.50. The number of rotatable bonds is 4. The number of halogens is 3. The van der Waals surface area contributed by atoms with Crippen molar-refractivity contribution in [1.29, 1.82) is 0 Å². The molecule has 1 heterocycles. The first-order valence-electron chi connectivity index (χ1n) is 7.50. The molecule has 130 valence electrons. The molecule has 2 aromatic rings. The van der Waals surface area contributed by atoms with Crippen LogP contribution in [0.2, 0.25) is 0 Å². The molecule has 1 atom stereocenters. The highest BCUT2D eigenvalue weighted by atomic mass is 19.4. The molecule has 1 unspecified atom stereocenters. The topological polar surface area (TPSA) is 51.2 Å². The third kappa shape index (κ3) is 3.60. The van der Waals surface area contributed by atoms with Gasteiger partial charge in [-0.15, -0.1) is 0 Å². The van der Waals surface area contributed by atoms with E-state index in [1.807, 2.05) is 13.8 Å². The zero-order valence-corrected chi connectivity index (χ0v) is 13.9. The number of hydrogen-bond donors (Lipinski definition) is 1. The smallest absolute Gasteiger partial charge is 0.417 e. The fraction of sp³-hybridized carbons (Fsp3) is 0.412. The molecule has 0 bridgehead atoms. The number of benzene rings is 1. The Balaban J connectivity index is 2.63. The largest absolute Gasteiger partial charge is 0.497 e. The normalized spacial score (nSPS) is 13.2. The van der Waals surface area contributed by atoms with Gasteiger partial charge in [0, 0.05) is 17.6 Å². The van der Waals surface area contributed by atoms with Crippen LogP contribution in [0.3, 0.4) is 0 Å². The molecule has 0 saturated carbocycles. The van der Waals surface area contributed by atoms with E-state index >= 15 is 0 Å². The Morgan fingerprint density at radius 1 is 1.25 bits per heavy atom. The van der Waals surface area contributed by atoms with Crippen LogP contribution in [0.1, 0.15) is 36.7 Å². The second-order valence-corrected chi connectivity index (χ2v) is 5.93. The molecule has 1 amide bonds. The van der Waals surface area contributed by atoms with E-state index in [0.29, 0.717) is 0 Å². The molecule has 0 radical (unpaired) electrons. The van der Waals surface area contributed by atoms with Crippen molar-refractivity contribution in [2.45, 2.75) is 33.0 Å². The standard InChI is InChI=1S/C17H19F3N2O2/c1-9(2)10(3)22-16(23)13-8-21-14-6-5-11(24-4)7-12(14)15(13)17(18,19)20/h5-10H,1-4H3,(H,22,23). The number of alkyl halides is 3. The van der Waals surface area contributed by atoms with Crippen molar-refractivity contribution in [3.05, 3.63) is 35.5 Å². The first-order chi connectivity index (χ1) is 11.1. The number of carbonyl (C=O) groups excluding carboxylic acids is 1. The fourth-order valence-corrected chi connectivity index (χ4v) is 2.23. The highest BCUT2D eigenvalue weighted by Gasteiger charge is 2.38. The van der Waals surface area contributed by atoms with Gasteiger partial charge in [0.15, 0.2) is 0 Å². The summed E-state index contributed by atoms with van der Waals surface area (Å²) in [7, 11) is 1.36. The van der Waals surface area contributed by atoms with Crippen LogP contribution in [0.25, 0.3) is 10.9 Å². The van der Waals surface area contributed by atoms with Crippen molar-refractivity contribution in [2.75, 3.05) is 7.11 Å². The number of nitrogens with one attached hydrogen (secondary N) is 1. The second kappa shape index (κ2) is 6.67. The van der Waals surface area contributed by atoms with Gasteiger partial charge in [-0.1, -0.05) is 13.8 Å². The molecule has 7 heteroatoms.